The molecule has 0 aliphatic carbocycles. The summed E-state index contributed by atoms with van der Waals surface area (Å²) in [5, 5.41) is 9.95. The molecule has 2 aromatic rings. The van der Waals surface area contributed by atoms with Crippen LogP contribution in [0.25, 0.3) is 11.1 Å². The maximum Gasteiger partial charge on any atom is 0.132 e. The standard InChI is InChI=1S/C15H14O2/c16-14-9-10-17-15-12(7-4-8-13(14)15)11-5-2-1-3-6-11/h1-8,14,16H,9-10H2/t14-/m1/s1. The Morgan fingerprint density at radius 2 is 1.82 bits per heavy atom. The zero-order valence-corrected chi connectivity index (χ0v) is 9.47. The van der Waals surface area contributed by atoms with Gasteiger partial charge in [-0.15, -0.1) is 0 Å². The zero-order valence-electron chi connectivity index (χ0n) is 9.47. The van der Waals surface area contributed by atoms with Crippen molar-refractivity contribution >= 4 is 0 Å². The van der Waals surface area contributed by atoms with Crippen LogP contribution in [-0.4, -0.2) is 11.7 Å². The van der Waals surface area contributed by atoms with E-state index in [-0.39, 0.29) is 0 Å². The summed E-state index contributed by atoms with van der Waals surface area (Å²) in [6, 6.07) is 16.1. The summed E-state index contributed by atoms with van der Waals surface area (Å²) < 4.78 is 5.72. The Balaban J connectivity index is 2.16. The van der Waals surface area contributed by atoms with Crippen molar-refractivity contribution in [3.05, 3.63) is 54.1 Å². The lowest BCUT2D eigenvalue weighted by molar-refractivity contribution is 0.116. The van der Waals surface area contributed by atoms with E-state index >= 15 is 0 Å². The van der Waals surface area contributed by atoms with Crippen LogP contribution in [0.15, 0.2) is 48.5 Å². The molecule has 0 fully saturated rings. The van der Waals surface area contributed by atoms with Gasteiger partial charge >= 0.3 is 0 Å². The van der Waals surface area contributed by atoms with E-state index < -0.39 is 6.10 Å². The molecule has 0 unspecified atom stereocenters. The molecule has 0 spiro atoms. The second kappa shape index (κ2) is 4.22. The highest BCUT2D eigenvalue weighted by atomic mass is 16.5. The Morgan fingerprint density at radius 3 is 2.65 bits per heavy atom. The lowest BCUT2D eigenvalue weighted by Gasteiger charge is -2.24. The predicted octanol–water partition coefficient (Wildman–Crippen LogP) is 3.17. The molecule has 1 aliphatic heterocycles. The Bertz CT molecular complexity index is 520. The highest BCUT2D eigenvalue weighted by molar-refractivity contribution is 5.72. The van der Waals surface area contributed by atoms with Gasteiger partial charge < -0.3 is 9.84 Å². The number of hydrogen-bond donors (Lipinski definition) is 1. The number of aliphatic hydroxyl groups excluding tert-OH is 1. The van der Waals surface area contributed by atoms with Crippen LogP contribution in [0.2, 0.25) is 0 Å². The van der Waals surface area contributed by atoms with Crippen molar-refractivity contribution in [2.24, 2.45) is 0 Å². The highest BCUT2D eigenvalue weighted by Gasteiger charge is 2.21. The number of aliphatic hydroxyl groups is 1. The van der Waals surface area contributed by atoms with Crippen LogP contribution in [0.4, 0.5) is 0 Å². The minimum Gasteiger partial charge on any atom is -0.492 e. The summed E-state index contributed by atoms with van der Waals surface area (Å²) in [6.07, 6.45) is 0.271. The van der Waals surface area contributed by atoms with E-state index in [2.05, 4.69) is 12.1 Å². The Hall–Kier alpha value is -1.80. The van der Waals surface area contributed by atoms with Crippen LogP contribution in [-0.2, 0) is 0 Å². The second-order valence-corrected chi connectivity index (χ2v) is 4.24. The van der Waals surface area contributed by atoms with Crippen LogP contribution in [0, 0.1) is 0 Å². The first kappa shape index (κ1) is 10.4. The molecule has 0 amide bonds. The average molecular weight is 226 g/mol. The number of fused-ring (bicyclic) bond motifs is 1. The number of para-hydroxylation sites is 1. The molecule has 3 rings (SSSR count). The topological polar surface area (TPSA) is 29.5 Å². The van der Waals surface area contributed by atoms with Gasteiger partial charge in [0.05, 0.1) is 12.7 Å². The number of ether oxygens (including phenoxy) is 1. The van der Waals surface area contributed by atoms with E-state index in [0.717, 1.165) is 22.4 Å². The van der Waals surface area contributed by atoms with Crippen LogP contribution in [0.5, 0.6) is 5.75 Å². The van der Waals surface area contributed by atoms with Crippen molar-refractivity contribution < 1.29 is 9.84 Å². The summed E-state index contributed by atoms with van der Waals surface area (Å²) in [4.78, 5) is 0. The smallest absolute Gasteiger partial charge is 0.132 e. The number of benzene rings is 2. The minimum atomic E-state index is -0.401. The van der Waals surface area contributed by atoms with Gasteiger partial charge in [-0.05, 0) is 5.56 Å². The van der Waals surface area contributed by atoms with Gasteiger partial charge in [0.2, 0.25) is 0 Å². The van der Waals surface area contributed by atoms with Crippen molar-refractivity contribution in [3.63, 3.8) is 0 Å². The quantitative estimate of drug-likeness (QED) is 0.809. The molecule has 1 aliphatic rings. The second-order valence-electron chi connectivity index (χ2n) is 4.24. The van der Waals surface area contributed by atoms with Gasteiger partial charge in [0.1, 0.15) is 5.75 Å². The van der Waals surface area contributed by atoms with Gasteiger partial charge in [0.15, 0.2) is 0 Å². The molecule has 1 atom stereocenters. The largest absolute Gasteiger partial charge is 0.492 e. The van der Waals surface area contributed by atoms with Gasteiger partial charge in [-0.25, -0.2) is 0 Å². The third kappa shape index (κ3) is 1.81. The van der Waals surface area contributed by atoms with Gasteiger partial charge in [-0.3, -0.25) is 0 Å². The Kier molecular flexibility index (Phi) is 2.57. The predicted molar refractivity (Wildman–Crippen MR) is 66.9 cm³/mol. The molecule has 0 saturated heterocycles. The van der Waals surface area contributed by atoms with Crippen molar-refractivity contribution in [1.82, 2.24) is 0 Å². The maximum atomic E-state index is 9.95. The molecule has 2 nitrogen and oxygen atoms in total. The molecule has 0 aromatic heterocycles. The van der Waals surface area contributed by atoms with E-state index in [1.807, 2.05) is 36.4 Å². The van der Waals surface area contributed by atoms with E-state index in [1.165, 1.54) is 0 Å². The SMILES string of the molecule is O[C@@H]1CCOc2c(-c3ccccc3)cccc21. The van der Waals surface area contributed by atoms with Crippen molar-refractivity contribution in [2.75, 3.05) is 6.61 Å². The Morgan fingerprint density at radius 1 is 1.00 bits per heavy atom. The lowest BCUT2D eigenvalue weighted by Crippen LogP contribution is -2.14. The molecule has 86 valence electrons. The highest BCUT2D eigenvalue weighted by Crippen LogP contribution is 2.39. The van der Waals surface area contributed by atoms with E-state index in [9.17, 15) is 5.11 Å². The fraction of sp³-hybridized carbons (Fsp3) is 0.200. The molecule has 1 heterocycles. The lowest BCUT2D eigenvalue weighted by atomic mass is 9.96. The summed E-state index contributed by atoms with van der Waals surface area (Å²) in [7, 11) is 0. The van der Waals surface area contributed by atoms with Crippen molar-refractivity contribution in [3.8, 4) is 16.9 Å². The van der Waals surface area contributed by atoms with Crippen LogP contribution in [0.1, 0.15) is 18.1 Å². The fourth-order valence-corrected chi connectivity index (χ4v) is 2.25. The molecule has 2 heteroatoms. The number of hydrogen-bond acceptors (Lipinski definition) is 2. The third-order valence-corrected chi connectivity index (χ3v) is 3.13. The van der Waals surface area contributed by atoms with Crippen molar-refractivity contribution in [1.29, 1.82) is 0 Å². The molecule has 17 heavy (non-hydrogen) atoms. The molecule has 0 bridgehead atoms. The summed E-state index contributed by atoms with van der Waals surface area (Å²) >= 11 is 0. The Labute approximate surface area is 100 Å². The van der Waals surface area contributed by atoms with Crippen LogP contribution >= 0.6 is 0 Å². The van der Waals surface area contributed by atoms with E-state index in [4.69, 9.17) is 4.74 Å². The molecule has 1 N–H and O–H groups in total. The summed E-state index contributed by atoms with van der Waals surface area (Å²) in [5.41, 5.74) is 3.08. The maximum absolute atomic E-state index is 9.95. The molecular formula is C15H14O2. The fourth-order valence-electron chi connectivity index (χ4n) is 2.25. The number of rotatable bonds is 1. The summed E-state index contributed by atoms with van der Waals surface area (Å²) in [5.74, 6) is 0.831. The van der Waals surface area contributed by atoms with Gasteiger partial charge in [0.25, 0.3) is 0 Å². The van der Waals surface area contributed by atoms with Crippen LogP contribution in [0.3, 0.4) is 0 Å². The molecule has 0 radical (unpaired) electrons. The zero-order chi connectivity index (χ0) is 11.7. The third-order valence-electron chi connectivity index (χ3n) is 3.13. The summed E-state index contributed by atoms with van der Waals surface area (Å²) in [6.45, 7) is 0.581. The van der Waals surface area contributed by atoms with E-state index in [1.54, 1.807) is 0 Å². The normalized spacial score (nSPS) is 18.3. The average Bonchev–Trinajstić information content (AvgIpc) is 2.40. The van der Waals surface area contributed by atoms with Gasteiger partial charge in [-0.1, -0.05) is 48.5 Å². The van der Waals surface area contributed by atoms with Gasteiger partial charge in [-0.2, -0.15) is 0 Å². The minimum absolute atomic E-state index is 0.401. The molecule has 0 saturated carbocycles. The van der Waals surface area contributed by atoms with E-state index in [0.29, 0.717) is 13.0 Å². The first-order valence-electron chi connectivity index (χ1n) is 5.85. The van der Waals surface area contributed by atoms with Crippen LogP contribution < -0.4 is 4.74 Å². The molecular weight excluding hydrogens is 212 g/mol. The molecule has 2 aromatic carbocycles. The monoisotopic (exact) mass is 226 g/mol. The first-order valence-corrected chi connectivity index (χ1v) is 5.85. The van der Waals surface area contributed by atoms with Crippen molar-refractivity contribution in [2.45, 2.75) is 12.5 Å². The first-order chi connectivity index (χ1) is 8.36. The van der Waals surface area contributed by atoms with Gasteiger partial charge in [0, 0.05) is 17.5 Å².